The Morgan fingerprint density at radius 3 is 2.23 bits per heavy atom. The predicted octanol–water partition coefficient (Wildman–Crippen LogP) is 6.34. The highest BCUT2D eigenvalue weighted by Crippen LogP contribution is 2.52. The van der Waals surface area contributed by atoms with Crippen LogP contribution in [0.1, 0.15) is 90.9 Å². The van der Waals surface area contributed by atoms with Gasteiger partial charge < -0.3 is 0 Å². The molecule has 0 radical (unpaired) electrons. The second kappa shape index (κ2) is 6.94. The fourth-order valence-corrected chi connectivity index (χ4v) is 6.06. The van der Waals surface area contributed by atoms with Crippen LogP contribution >= 0.6 is 0 Å². The molecule has 0 aromatic rings. The van der Waals surface area contributed by atoms with Crippen LogP contribution in [0.25, 0.3) is 0 Å². The Kier molecular flexibility index (Phi) is 5.16. The van der Waals surface area contributed by atoms with Gasteiger partial charge in [0, 0.05) is 0 Å². The summed E-state index contributed by atoms with van der Waals surface area (Å²) in [6.45, 7) is 4.54. The van der Waals surface area contributed by atoms with E-state index in [4.69, 9.17) is 0 Å². The molecule has 0 amide bonds. The van der Waals surface area contributed by atoms with Crippen molar-refractivity contribution in [1.29, 1.82) is 5.26 Å². The molecule has 4 unspecified atom stereocenters. The van der Waals surface area contributed by atoms with Crippen LogP contribution in [0.4, 0.5) is 0 Å². The topological polar surface area (TPSA) is 23.8 Å². The number of nitrogens with zero attached hydrogens (tertiary/aromatic N) is 1. The van der Waals surface area contributed by atoms with Crippen molar-refractivity contribution in [3.63, 3.8) is 0 Å². The van der Waals surface area contributed by atoms with Crippen LogP contribution in [0, 0.1) is 46.3 Å². The average Bonchev–Trinajstić information content (AvgIpc) is 2.55. The summed E-state index contributed by atoms with van der Waals surface area (Å²) in [5.41, 5.74) is -0.00772. The summed E-state index contributed by atoms with van der Waals surface area (Å²) < 4.78 is 0. The van der Waals surface area contributed by atoms with Crippen molar-refractivity contribution in [3.05, 3.63) is 0 Å². The van der Waals surface area contributed by atoms with Gasteiger partial charge in [-0.2, -0.15) is 5.26 Å². The minimum atomic E-state index is -0.00772. The van der Waals surface area contributed by atoms with E-state index in [2.05, 4.69) is 19.9 Å². The predicted molar refractivity (Wildman–Crippen MR) is 92.2 cm³/mol. The minimum Gasteiger partial charge on any atom is -0.198 e. The fraction of sp³-hybridized carbons (Fsp3) is 0.952. The van der Waals surface area contributed by atoms with E-state index >= 15 is 0 Å². The summed E-state index contributed by atoms with van der Waals surface area (Å²) in [5, 5.41) is 9.41. The van der Waals surface area contributed by atoms with Crippen molar-refractivity contribution in [3.8, 4) is 6.07 Å². The third-order valence-corrected chi connectivity index (χ3v) is 7.48. The van der Waals surface area contributed by atoms with E-state index in [0.717, 1.165) is 36.0 Å². The van der Waals surface area contributed by atoms with Gasteiger partial charge in [0.1, 0.15) is 0 Å². The number of hydrogen-bond acceptors (Lipinski definition) is 1. The molecule has 0 heterocycles. The van der Waals surface area contributed by atoms with Crippen molar-refractivity contribution < 1.29 is 0 Å². The lowest BCUT2D eigenvalue weighted by Gasteiger charge is -2.46. The first-order valence-corrected chi connectivity index (χ1v) is 10.0. The Balaban J connectivity index is 1.50. The van der Waals surface area contributed by atoms with Crippen molar-refractivity contribution >= 4 is 0 Å². The molecule has 0 aliphatic heterocycles. The lowest BCUT2D eigenvalue weighted by Crippen LogP contribution is -2.37. The third-order valence-electron chi connectivity index (χ3n) is 7.48. The Bertz CT molecular complexity index is 401. The number of fused-ring (bicyclic) bond motifs is 1. The van der Waals surface area contributed by atoms with Crippen molar-refractivity contribution in [2.75, 3.05) is 0 Å². The third kappa shape index (κ3) is 3.52. The average molecular weight is 302 g/mol. The molecule has 124 valence electrons. The van der Waals surface area contributed by atoms with E-state index in [0.29, 0.717) is 0 Å². The van der Waals surface area contributed by atoms with Crippen LogP contribution in [-0.4, -0.2) is 0 Å². The van der Waals surface area contributed by atoms with E-state index < -0.39 is 0 Å². The second-order valence-electron chi connectivity index (χ2n) is 9.08. The maximum absolute atomic E-state index is 9.41. The van der Waals surface area contributed by atoms with Crippen molar-refractivity contribution in [1.82, 2.24) is 0 Å². The molecule has 0 N–H and O–H groups in total. The van der Waals surface area contributed by atoms with Gasteiger partial charge in [-0.3, -0.25) is 0 Å². The Morgan fingerprint density at radius 1 is 0.909 bits per heavy atom. The largest absolute Gasteiger partial charge is 0.198 e. The van der Waals surface area contributed by atoms with Gasteiger partial charge in [-0.15, -0.1) is 0 Å². The molecule has 3 aliphatic rings. The highest BCUT2D eigenvalue weighted by Gasteiger charge is 2.42. The summed E-state index contributed by atoms with van der Waals surface area (Å²) in [5.74, 6) is 4.93. The molecule has 0 aromatic heterocycles. The molecule has 0 aromatic carbocycles. The van der Waals surface area contributed by atoms with Gasteiger partial charge in [-0.1, -0.05) is 32.6 Å². The molecule has 3 aliphatic carbocycles. The molecule has 3 saturated carbocycles. The molecule has 0 bridgehead atoms. The van der Waals surface area contributed by atoms with E-state index in [9.17, 15) is 5.26 Å². The Morgan fingerprint density at radius 2 is 1.55 bits per heavy atom. The Labute approximate surface area is 137 Å². The van der Waals surface area contributed by atoms with Crippen LogP contribution < -0.4 is 0 Å². The van der Waals surface area contributed by atoms with Gasteiger partial charge in [-0.25, -0.2) is 0 Å². The van der Waals surface area contributed by atoms with Gasteiger partial charge in [0.25, 0.3) is 0 Å². The van der Waals surface area contributed by atoms with Crippen LogP contribution in [0.2, 0.25) is 0 Å². The molecular weight excluding hydrogens is 266 g/mol. The SMILES string of the molecule is CCCC1CCC(C2CCC3CC(C)(C#N)CCC3C2)CC1. The summed E-state index contributed by atoms with van der Waals surface area (Å²) >= 11 is 0. The second-order valence-corrected chi connectivity index (χ2v) is 9.08. The van der Waals surface area contributed by atoms with Crippen LogP contribution in [0.5, 0.6) is 0 Å². The molecule has 3 rings (SSSR count). The number of hydrogen-bond donors (Lipinski definition) is 0. The smallest absolute Gasteiger partial charge is 0.0686 e. The minimum absolute atomic E-state index is 0.00772. The Hall–Kier alpha value is -0.510. The van der Waals surface area contributed by atoms with Gasteiger partial charge in [-0.05, 0) is 87.9 Å². The lowest BCUT2D eigenvalue weighted by molar-refractivity contribution is 0.0468. The molecule has 0 spiro atoms. The lowest BCUT2D eigenvalue weighted by atomic mass is 9.58. The van der Waals surface area contributed by atoms with Gasteiger partial charge in [0.15, 0.2) is 0 Å². The van der Waals surface area contributed by atoms with Gasteiger partial charge >= 0.3 is 0 Å². The van der Waals surface area contributed by atoms with Crippen LogP contribution in [-0.2, 0) is 0 Å². The summed E-state index contributed by atoms with van der Waals surface area (Å²) in [6.07, 6.45) is 16.9. The standard InChI is InChI=1S/C21H35N/c1-3-4-16-5-7-17(8-6-16)18-9-10-20-14-21(2,15-22)12-11-19(20)13-18/h16-20H,3-14H2,1-2H3. The van der Waals surface area contributed by atoms with E-state index in [-0.39, 0.29) is 5.41 Å². The molecule has 1 nitrogen and oxygen atoms in total. The van der Waals surface area contributed by atoms with Gasteiger partial charge in [0.05, 0.1) is 11.5 Å². The van der Waals surface area contributed by atoms with E-state index in [1.807, 2.05) is 0 Å². The monoisotopic (exact) mass is 301 g/mol. The van der Waals surface area contributed by atoms with Gasteiger partial charge in [0.2, 0.25) is 0 Å². The quantitative estimate of drug-likeness (QED) is 0.596. The zero-order valence-corrected chi connectivity index (χ0v) is 14.8. The summed E-state index contributed by atoms with van der Waals surface area (Å²) in [7, 11) is 0. The first kappa shape index (κ1) is 16.4. The number of rotatable bonds is 3. The fourth-order valence-electron chi connectivity index (χ4n) is 6.06. The number of nitriles is 1. The zero-order chi connectivity index (χ0) is 15.6. The maximum Gasteiger partial charge on any atom is 0.0686 e. The van der Waals surface area contributed by atoms with Crippen molar-refractivity contribution in [2.24, 2.45) is 35.0 Å². The molecular formula is C21H35N. The summed E-state index contributed by atoms with van der Waals surface area (Å²) in [4.78, 5) is 0. The van der Waals surface area contributed by atoms with E-state index in [1.54, 1.807) is 0 Å². The van der Waals surface area contributed by atoms with E-state index in [1.165, 1.54) is 70.6 Å². The zero-order valence-electron chi connectivity index (χ0n) is 14.8. The summed E-state index contributed by atoms with van der Waals surface area (Å²) in [6, 6.07) is 2.60. The highest BCUT2D eigenvalue weighted by atomic mass is 14.5. The maximum atomic E-state index is 9.41. The molecule has 3 fully saturated rings. The molecule has 22 heavy (non-hydrogen) atoms. The molecule has 0 saturated heterocycles. The van der Waals surface area contributed by atoms with Crippen LogP contribution in [0.3, 0.4) is 0 Å². The first-order chi connectivity index (χ1) is 10.6. The van der Waals surface area contributed by atoms with Crippen molar-refractivity contribution in [2.45, 2.75) is 90.9 Å². The first-order valence-electron chi connectivity index (χ1n) is 10.0. The van der Waals surface area contributed by atoms with Crippen LogP contribution in [0.15, 0.2) is 0 Å². The molecule has 1 heteroatoms. The molecule has 4 atom stereocenters. The normalized spacial score (nSPS) is 45.8. The highest BCUT2D eigenvalue weighted by molar-refractivity contribution is 5.02.